The lowest BCUT2D eigenvalue weighted by atomic mass is 9.99. The SMILES string of the molecule is CC(C)(C)OC(=O)N1CC[C@@H](O)C[C@H]1C(=O)NCCCO[Si](c1ccccc1)(c1ccccc1)C(C)(C)C. The van der Waals surface area contributed by atoms with Gasteiger partial charge in [-0.1, -0.05) is 81.4 Å². The highest BCUT2D eigenvalue weighted by Gasteiger charge is 2.50. The summed E-state index contributed by atoms with van der Waals surface area (Å²) in [7, 11) is -2.63. The van der Waals surface area contributed by atoms with Gasteiger partial charge in [-0.15, -0.1) is 0 Å². The first-order valence-electron chi connectivity index (χ1n) is 13.6. The van der Waals surface area contributed by atoms with Crippen molar-refractivity contribution < 1.29 is 23.9 Å². The first kappa shape index (κ1) is 29.9. The molecule has 2 aromatic carbocycles. The largest absolute Gasteiger partial charge is 0.444 e. The molecule has 0 aromatic heterocycles. The van der Waals surface area contributed by atoms with Crippen molar-refractivity contribution in [1.82, 2.24) is 10.2 Å². The molecular formula is C30H44N2O5Si. The van der Waals surface area contributed by atoms with Crippen LogP contribution in [0.5, 0.6) is 0 Å². The molecule has 208 valence electrons. The number of carbonyl (C=O) groups is 2. The van der Waals surface area contributed by atoms with Gasteiger partial charge in [-0.25, -0.2) is 4.79 Å². The molecule has 2 amide bonds. The van der Waals surface area contributed by atoms with Gasteiger partial charge in [0.15, 0.2) is 0 Å². The molecule has 38 heavy (non-hydrogen) atoms. The number of benzene rings is 2. The average Bonchev–Trinajstić information content (AvgIpc) is 2.85. The molecule has 1 aliphatic heterocycles. The molecule has 1 heterocycles. The molecule has 0 radical (unpaired) electrons. The smallest absolute Gasteiger partial charge is 0.410 e. The Labute approximate surface area is 228 Å². The molecule has 3 rings (SSSR count). The van der Waals surface area contributed by atoms with E-state index in [1.54, 1.807) is 20.8 Å². The molecular weight excluding hydrogens is 496 g/mol. The monoisotopic (exact) mass is 540 g/mol. The number of hydrogen-bond donors (Lipinski definition) is 2. The fourth-order valence-corrected chi connectivity index (χ4v) is 9.73. The van der Waals surface area contributed by atoms with Gasteiger partial charge >= 0.3 is 6.09 Å². The number of nitrogens with one attached hydrogen (secondary N) is 1. The van der Waals surface area contributed by atoms with Crippen LogP contribution in [0.4, 0.5) is 4.79 Å². The molecule has 0 aliphatic carbocycles. The maximum atomic E-state index is 13.1. The first-order valence-corrected chi connectivity index (χ1v) is 15.5. The molecule has 1 fully saturated rings. The summed E-state index contributed by atoms with van der Waals surface area (Å²) in [5.74, 6) is -0.278. The Kier molecular flexibility index (Phi) is 9.78. The van der Waals surface area contributed by atoms with Crippen molar-refractivity contribution in [2.75, 3.05) is 19.7 Å². The van der Waals surface area contributed by atoms with Gasteiger partial charge in [0.1, 0.15) is 11.6 Å². The van der Waals surface area contributed by atoms with Gasteiger partial charge in [-0.05, 0) is 49.0 Å². The van der Waals surface area contributed by atoms with Crippen molar-refractivity contribution in [3.05, 3.63) is 60.7 Å². The van der Waals surface area contributed by atoms with Gasteiger partial charge in [0.25, 0.3) is 8.32 Å². The Morgan fingerprint density at radius 2 is 1.53 bits per heavy atom. The lowest BCUT2D eigenvalue weighted by Gasteiger charge is -2.43. The van der Waals surface area contributed by atoms with Crippen LogP contribution in [-0.2, 0) is 14.0 Å². The zero-order valence-electron chi connectivity index (χ0n) is 23.7. The van der Waals surface area contributed by atoms with Crippen molar-refractivity contribution >= 4 is 30.7 Å². The predicted molar refractivity (Wildman–Crippen MR) is 153 cm³/mol. The fourth-order valence-electron chi connectivity index (χ4n) is 5.12. The standard InChI is InChI=1S/C30H44N2O5Si/c1-29(2,3)37-28(35)32-20-18-23(33)22-26(32)27(34)31-19-13-21-36-38(30(4,5)6,24-14-9-7-10-15-24)25-16-11-8-12-17-25/h7-12,14-17,23,26,33H,13,18-22H2,1-6H3,(H,31,34)/t23-,26+/m1/s1. The second-order valence-electron chi connectivity index (χ2n) is 12.0. The first-order chi connectivity index (χ1) is 17.8. The van der Waals surface area contributed by atoms with Crippen LogP contribution >= 0.6 is 0 Å². The van der Waals surface area contributed by atoms with E-state index in [1.165, 1.54) is 15.3 Å². The number of rotatable bonds is 8. The van der Waals surface area contributed by atoms with E-state index in [2.05, 4.69) is 74.6 Å². The van der Waals surface area contributed by atoms with E-state index >= 15 is 0 Å². The molecule has 8 heteroatoms. The lowest BCUT2D eigenvalue weighted by Crippen LogP contribution is -2.66. The van der Waals surface area contributed by atoms with Gasteiger partial charge in [0, 0.05) is 26.1 Å². The number of ether oxygens (including phenoxy) is 1. The average molecular weight is 541 g/mol. The van der Waals surface area contributed by atoms with Crippen molar-refractivity contribution in [3.63, 3.8) is 0 Å². The molecule has 7 nitrogen and oxygen atoms in total. The van der Waals surface area contributed by atoms with Crippen LogP contribution in [0, 0.1) is 0 Å². The topological polar surface area (TPSA) is 88.1 Å². The van der Waals surface area contributed by atoms with Crippen LogP contribution in [0.3, 0.4) is 0 Å². The number of nitrogens with zero attached hydrogens (tertiary/aromatic N) is 1. The van der Waals surface area contributed by atoms with Crippen LogP contribution in [0.2, 0.25) is 5.04 Å². The van der Waals surface area contributed by atoms with Crippen molar-refractivity contribution in [2.24, 2.45) is 0 Å². The van der Waals surface area contributed by atoms with Gasteiger partial charge in [-0.3, -0.25) is 9.69 Å². The normalized spacial score (nSPS) is 18.7. The zero-order chi connectivity index (χ0) is 28.0. The number of hydrogen-bond acceptors (Lipinski definition) is 5. The summed E-state index contributed by atoms with van der Waals surface area (Å²) < 4.78 is 12.4. The minimum atomic E-state index is -2.63. The highest BCUT2D eigenvalue weighted by Crippen LogP contribution is 2.36. The highest BCUT2D eigenvalue weighted by molar-refractivity contribution is 6.99. The van der Waals surface area contributed by atoms with E-state index in [4.69, 9.17) is 9.16 Å². The number of aliphatic hydroxyl groups excluding tert-OH is 1. The summed E-state index contributed by atoms with van der Waals surface area (Å²) in [6.07, 6.45) is 0.0965. The zero-order valence-corrected chi connectivity index (χ0v) is 24.7. The summed E-state index contributed by atoms with van der Waals surface area (Å²) in [4.78, 5) is 27.2. The van der Waals surface area contributed by atoms with Crippen LogP contribution in [0.25, 0.3) is 0 Å². The summed E-state index contributed by atoms with van der Waals surface area (Å²) in [6.45, 7) is 13.3. The van der Waals surface area contributed by atoms with Crippen LogP contribution in [0.15, 0.2) is 60.7 Å². The van der Waals surface area contributed by atoms with E-state index in [1.807, 2.05) is 12.1 Å². The Morgan fingerprint density at radius 1 is 0.974 bits per heavy atom. The lowest BCUT2D eigenvalue weighted by molar-refractivity contribution is -0.129. The van der Waals surface area contributed by atoms with Gasteiger partial charge in [0.05, 0.1) is 6.10 Å². The molecule has 2 aromatic rings. The van der Waals surface area contributed by atoms with E-state index in [9.17, 15) is 14.7 Å². The maximum Gasteiger partial charge on any atom is 0.410 e. The Hall–Kier alpha value is -2.68. The summed E-state index contributed by atoms with van der Waals surface area (Å²) >= 11 is 0. The highest BCUT2D eigenvalue weighted by atomic mass is 28.4. The third-order valence-corrected chi connectivity index (χ3v) is 11.9. The van der Waals surface area contributed by atoms with Crippen LogP contribution < -0.4 is 15.7 Å². The molecule has 0 bridgehead atoms. The summed E-state index contributed by atoms with van der Waals surface area (Å²) in [5.41, 5.74) is -0.660. The quantitative estimate of drug-likeness (QED) is 0.393. The summed E-state index contributed by atoms with van der Waals surface area (Å²) in [5, 5.41) is 15.4. The summed E-state index contributed by atoms with van der Waals surface area (Å²) in [6, 6.07) is 20.2. The van der Waals surface area contributed by atoms with Gasteiger partial charge < -0.3 is 19.6 Å². The minimum absolute atomic E-state index is 0.120. The van der Waals surface area contributed by atoms with Crippen LogP contribution in [-0.4, -0.2) is 67.8 Å². The van der Waals surface area contributed by atoms with Gasteiger partial charge in [0.2, 0.25) is 5.91 Å². The fraction of sp³-hybridized carbons (Fsp3) is 0.533. The predicted octanol–water partition coefficient (Wildman–Crippen LogP) is 3.83. The number of amides is 2. The molecule has 0 spiro atoms. The molecule has 1 saturated heterocycles. The molecule has 1 aliphatic rings. The molecule has 2 N–H and O–H groups in total. The maximum absolute atomic E-state index is 13.1. The Bertz CT molecular complexity index is 1010. The third-order valence-electron chi connectivity index (χ3n) is 6.86. The van der Waals surface area contributed by atoms with Gasteiger partial charge in [-0.2, -0.15) is 0 Å². The number of aliphatic hydroxyl groups is 1. The van der Waals surface area contributed by atoms with Crippen molar-refractivity contribution in [2.45, 2.75) is 83.6 Å². The van der Waals surface area contributed by atoms with E-state index < -0.39 is 32.2 Å². The van der Waals surface area contributed by atoms with E-state index in [0.717, 1.165) is 0 Å². The third kappa shape index (κ3) is 7.24. The number of likely N-dealkylation sites (tertiary alicyclic amines) is 1. The molecule has 2 atom stereocenters. The minimum Gasteiger partial charge on any atom is -0.444 e. The van der Waals surface area contributed by atoms with Crippen LogP contribution in [0.1, 0.15) is 60.8 Å². The number of piperidine rings is 1. The van der Waals surface area contributed by atoms with E-state index in [0.29, 0.717) is 26.0 Å². The van der Waals surface area contributed by atoms with Crippen molar-refractivity contribution in [3.8, 4) is 0 Å². The Morgan fingerprint density at radius 3 is 2.03 bits per heavy atom. The number of carbonyl (C=O) groups excluding carboxylic acids is 2. The van der Waals surface area contributed by atoms with Crippen molar-refractivity contribution in [1.29, 1.82) is 0 Å². The second kappa shape index (κ2) is 12.4. The van der Waals surface area contributed by atoms with E-state index in [-0.39, 0.29) is 23.9 Å². The Balaban J connectivity index is 1.67. The second-order valence-corrected chi connectivity index (χ2v) is 16.3. The molecule has 0 unspecified atom stereocenters. The molecule has 0 saturated carbocycles.